The average molecular weight is 236 g/mol. The van der Waals surface area contributed by atoms with E-state index < -0.39 is 0 Å². The minimum atomic E-state index is -0.364. The number of aliphatic hydroxyl groups is 1. The highest BCUT2D eigenvalue weighted by atomic mass is 16.3. The molecule has 17 heavy (non-hydrogen) atoms. The van der Waals surface area contributed by atoms with Gasteiger partial charge < -0.3 is 15.7 Å². The standard InChI is InChI=1S/C14H24N2O/c1-10(2)15-8-13(17)9-16-14-11(3)6-5-7-12(14)4/h5-7,10,13,15-17H,8-9H2,1-4H3. The van der Waals surface area contributed by atoms with Crippen LogP contribution in [-0.2, 0) is 0 Å². The molecule has 0 heterocycles. The van der Waals surface area contributed by atoms with Crippen molar-refractivity contribution >= 4 is 5.69 Å². The number of rotatable bonds is 6. The Kier molecular flexibility index (Phi) is 5.45. The van der Waals surface area contributed by atoms with Crippen molar-refractivity contribution in [2.75, 3.05) is 18.4 Å². The van der Waals surface area contributed by atoms with Gasteiger partial charge in [0, 0.05) is 24.8 Å². The Morgan fingerprint density at radius 2 is 1.71 bits per heavy atom. The molecule has 0 fully saturated rings. The topological polar surface area (TPSA) is 44.3 Å². The van der Waals surface area contributed by atoms with E-state index in [-0.39, 0.29) is 6.10 Å². The van der Waals surface area contributed by atoms with Crippen LogP contribution in [0.15, 0.2) is 18.2 Å². The minimum Gasteiger partial charge on any atom is -0.390 e. The molecule has 0 spiro atoms. The lowest BCUT2D eigenvalue weighted by Crippen LogP contribution is -2.35. The van der Waals surface area contributed by atoms with E-state index in [1.807, 2.05) is 6.07 Å². The fraction of sp³-hybridized carbons (Fsp3) is 0.571. The fourth-order valence-electron chi connectivity index (χ4n) is 1.76. The van der Waals surface area contributed by atoms with Crippen molar-refractivity contribution in [3.8, 4) is 0 Å². The Balaban J connectivity index is 2.44. The molecule has 1 aromatic rings. The molecule has 0 aliphatic rings. The Labute approximate surface area is 104 Å². The van der Waals surface area contributed by atoms with E-state index in [9.17, 15) is 5.11 Å². The van der Waals surface area contributed by atoms with E-state index in [1.165, 1.54) is 11.1 Å². The number of para-hydroxylation sites is 1. The van der Waals surface area contributed by atoms with Crippen LogP contribution in [-0.4, -0.2) is 30.3 Å². The summed E-state index contributed by atoms with van der Waals surface area (Å²) < 4.78 is 0. The van der Waals surface area contributed by atoms with Gasteiger partial charge in [0.05, 0.1) is 6.10 Å². The van der Waals surface area contributed by atoms with Crippen molar-refractivity contribution in [3.05, 3.63) is 29.3 Å². The van der Waals surface area contributed by atoms with Crippen LogP contribution in [0.1, 0.15) is 25.0 Å². The van der Waals surface area contributed by atoms with Gasteiger partial charge in [-0.25, -0.2) is 0 Å². The highest BCUT2D eigenvalue weighted by molar-refractivity contribution is 5.56. The first-order chi connectivity index (χ1) is 8.00. The molecular formula is C14H24N2O. The van der Waals surface area contributed by atoms with Gasteiger partial charge in [-0.3, -0.25) is 0 Å². The van der Waals surface area contributed by atoms with Crippen LogP contribution in [0.4, 0.5) is 5.69 Å². The van der Waals surface area contributed by atoms with Gasteiger partial charge in [0.25, 0.3) is 0 Å². The second-order valence-corrected chi connectivity index (χ2v) is 4.86. The van der Waals surface area contributed by atoms with Crippen molar-refractivity contribution in [3.63, 3.8) is 0 Å². The smallest absolute Gasteiger partial charge is 0.0836 e. The van der Waals surface area contributed by atoms with Crippen LogP contribution in [0.25, 0.3) is 0 Å². The normalized spacial score (nSPS) is 12.8. The minimum absolute atomic E-state index is 0.364. The first-order valence-corrected chi connectivity index (χ1v) is 6.22. The molecule has 0 aliphatic heterocycles. The number of anilines is 1. The van der Waals surface area contributed by atoms with Crippen LogP contribution in [0.2, 0.25) is 0 Å². The first-order valence-electron chi connectivity index (χ1n) is 6.22. The molecule has 1 unspecified atom stereocenters. The maximum atomic E-state index is 9.82. The summed E-state index contributed by atoms with van der Waals surface area (Å²) in [4.78, 5) is 0. The van der Waals surface area contributed by atoms with E-state index in [2.05, 4.69) is 50.5 Å². The van der Waals surface area contributed by atoms with Crippen molar-refractivity contribution < 1.29 is 5.11 Å². The van der Waals surface area contributed by atoms with E-state index in [1.54, 1.807) is 0 Å². The van der Waals surface area contributed by atoms with Crippen molar-refractivity contribution in [1.29, 1.82) is 0 Å². The lowest BCUT2D eigenvalue weighted by molar-refractivity contribution is 0.181. The summed E-state index contributed by atoms with van der Waals surface area (Å²) in [6.07, 6.45) is -0.364. The SMILES string of the molecule is Cc1cccc(C)c1NCC(O)CNC(C)C. The average Bonchev–Trinajstić information content (AvgIpc) is 2.25. The van der Waals surface area contributed by atoms with Crippen molar-refractivity contribution in [2.24, 2.45) is 0 Å². The van der Waals surface area contributed by atoms with Crippen LogP contribution >= 0.6 is 0 Å². The van der Waals surface area contributed by atoms with Crippen molar-refractivity contribution in [2.45, 2.75) is 39.8 Å². The third kappa shape index (κ3) is 4.75. The second-order valence-electron chi connectivity index (χ2n) is 4.86. The van der Waals surface area contributed by atoms with E-state index in [0.29, 0.717) is 19.1 Å². The molecule has 0 amide bonds. The van der Waals surface area contributed by atoms with E-state index in [0.717, 1.165) is 5.69 Å². The summed E-state index contributed by atoms with van der Waals surface area (Å²) in [6.45, 7) is 9.50. The largest absolute Gasteiger partial charge is 0.390 e. The number of hydrogen-bond acceptors (Lipinski definition) is 3. The molecule has 0 saturated carbocycles. The molecule has 3 heteroatoms. The maximum absolute atomic E-state index is 9.82. The molecule has 1 atom stereocenters. The predicted octanol–water partition coefficient (Wildman–Crippen LogP) is 2.07. The molecule has 0 bridgehead atoms. The fourth-order valence-corrected chi connectivity index (χ4v) is 1.76. The highest BCUT2D eigenvalue weighted by Gasteiger charge is 2.06. The monoisotopic (exact) mass is 236 g/mol. The molecule has 0 saturated heterocycles. The molecule has 0 aromatic heterocycles. The lowest BCUT2D eigenvalue weighted by atomic mass is 10.1. The zero-order valence-electron chi connectivity index (χ0n) is 11.2. The molecule has 1 rings (SSSR count). The summed E-state index contributed by atoms with van der Waals surface area (Å²) in [5.74, 6) is 0. The number of aryl methyl sites for hydroxylation is 2. The summed E-state index contributed by atoms with van der Waals surface area (Å²) >= 11 is 0. The van der Waals surface area contributed by atoms with Crippen LogP contribution in [0.3, 0.4) is 0 Å². The molecule has 0 aliphatic carbocycles. The zero-order valence-corrected chi connectivity index (χ0v) is 11.2. The summed E-state index contributed by atoms with van der Waals surface area (Å²) in [5, 5.41) is 16.4. The number of aliphatic hydroxyl groups excluding tert-OH is 1. The Hall–Kier alpha value is -1.06. The maximum Gasteiger partial charge on any atom is 0.0836 e. The zero-order chi connectivity index (χ0) is 12.8. The molecular weight excluding hydrogens is 212 g/mol. The third-order valence-corrected chi connectivity index (χ3v) is 2.76. The van der Waals surface area contributed by atoms with Gasteiger partial charge in [0.1, 0.15) is 0 Å². The van der Waals surface area contributed by atoms with Crippen LogP contribution in [0, 0.1) is 13.8 Å². The molecule has 3 nitrogen and oxygen atoms in total. The first kappa shape index (κ1) is 14.0. The van der Waals surface area contributed by atoms with Gasteiger partial charge in [-0.2, -0.15) is 0 Å². The molecule has 96 valence electrons. The lowest BCUT2D eigenvalue weighted by Gasteiger charge is -2.17. The second kappa shape index (κ2) is 6.62. The number of nitrogens with one attached hydrogen (secondary N) is 2. The van der Waals surface area contributed by atoms with Gasteiger partial charge in [0.15, 0.2) is 0 Å². The predicted molar refractivity (Wildman–Crippen MR) is 73.6 cm³/mol. The number of hydrogen-bond donors (Lipinski definition) is 3. The van der Waals surface area contributed by atoms with Gasteiger partial charge in [-0.1, -0.05) is 32.0 Å². The quantitative estimate of drug-likeness (QED) is 0.708. The highest BCUT2D eigenvalue weighted by Crippen LogP contribution is 2.18. The van der Waals surface area contributed by atoms with Gasteiger partial charge in [-0.15, -0.1) is 0 Å². The van der Waals surface area contributed by atoms with Crippen LogP contribution < -0.4 is 10.6 Å². The van der Waals surface area contributed by atoms with Gasteiger partial charge in [-0.05, 0) is 25.0 Å². The molecule has 1 aromatic carbocycles. The van der Waals surface area contributed by atoms with Gasteiger partial charge >= 0.3 is 0 Å². The third-order valence-electron chi connectivity index (χ3n) is 2.76. The van der Waals surface area contributed by atoms with E-state index in [4.69, 9.17) is 0 Å². The Morgan fingerprint density at radius 3 is 2.24 bits per heavy atom. The van der Waals surface area contributed by atoms with Gasteiger partial charge in [0.2, 0.25) is 0 Å². The molecule has 3 N–H and O–H groups in total. The van der Waals surface area contributed by atoms with Crippen molar-refractivity contribution in [1.82, 2.24) is 5.32 Å². The summed E-state index contributed by atoms with van der Waals surface area (Å²) in [6, 6.07) is 6.61. The number of benzene rings is 1. The van der Waals surface area contributed by atoms with E-state index >= 15 is 0 Å². The molecule has 0 radical (unpaired) electrons. The Morgan fingerprint density at radius 1 is 1.12 bits per heavy atom. The Bertz CT molecular complexity index is 330. The van der Waals surface area contributed by atoms with Crippen LogP contribution in [0.5, 0.6) is 0 Å². The summed E-state index contributed by atoms with van der Waals surface area (Å²) in [5.41, 5.74) is 3.57. The summed E-state index contributed by atoms with van der Waals surface area (Å²) in [7, 11) is 0.